The van der Waals surface area contributed by atoms with Crippen LogP contribution in [0.3, 0.4) is 0 Å². The molecular weight excluding hydrogens is 256 g/mol. The third kappa shape index (κ3) is 3.51. The zero-order chi connectivity index (χ0) is 14.6. The van der Waals surface area contributed by atoms with Gasteiger partial charge < -0.3 is 15.7 Å². The average molecular weight is 282 g/mol. The van der Waals surface area contributed by atoms with E-state index < -0.39 is 11.4 Å². The van der Waals surface area contributed by atoms with Gasteiger partial charge in [-0.15, -0.1) is 0 Å². The Balaban J connectivity index is 1.89. The molecule has 1 heterocycles. The van der Waals surface area contributed by atoms with Crippen molar-refractivity contribution >= 4 is 11.9 Å². The lowest BCUT2D eigenvalue weighted by Crippen LogP contribution is -2.48. The fourth-order valence-corrected chi connectivity index (χ4v) is 3.26. The molecule has 0 aromatic rings. The molecule has 5 nitrogen and oxygen atoms in total. The van der Waals surface area contributed by atoms with Gasteiger partial charge in [-0.2, -0.15) is 0 Å². The molecule has 1 aliphatic carbocycles. The van der Waals surface area contributed by atoms with Gasteiger partial charge in [0.15, 0.2) is 0 Å². The molecular formula is C15H26N2O3. The summed E-state index contributed by atoms with van der Waals surface area (Å²) in [5, 5.41) is 15.6. The van der Waals surface area contributed by atoms with Crippen LogP contribution < -0.4 is 10.6 Å². The number of hydrogen-bond donors (Lipinski definition) is 3. The Labute approximate surface area is 120 Å². The van der Waals surface area contributed by atoms with Crippen molar-refractivity contribution in [2.45, 2.75) is 45.4 Å². The molecule has 0 radical (unpaired) electrons. The van der Waals surface area contributed by atoms with Crippen molar-refractivity contribution in [3.05, 3.63) is 0 Å². The largest absolute Gasteiger partial charge is 0.481 e. The molecule has 2 fully saturated rings. The van der Waals surface area contributed by atoms with Gasteiger partial charge in [0.05, 0.1) is 11.3 Å². The van der Waals surface area contributed by atoms with E-state index in [-0.39, 0.29) is 18.4 Å². The number of carboxylic acids is 1. The van der Waals surface area contributed by atoms with Crippen molar-refractivity contribution in [1.82, 2.24) is 10.6 Å². The molecule has 0 aromatic carbocycles. The lowest BCUT2D eigenvalue weighted by Gasteiger charge is -2.36. The Morgan fingerprint density at radius 2 is 2.00 bits per heavy atom. The first kappa shape index (κ1) is 15.3. The van der Waals surface area contributed by atoms with Gasteiger partial charge in [0.1, 0.15) is 0 Å². The van der Waals surface area contributed by atoms with Gasteiger partial charge in [-0.05, 0) is 51.0 Å². The molecule has 0 spiro atoms. The first-order valence-corrected chi connectivity index (χ1v) is 7.75. The molecule has 2 rings (SSSR count). The minimum Gasteiger partial charge on any atom is -0.481 e. The Morgan fingerprint density at radius 1 is 1.30 bits per heavy atom. The minimum absolute atomic E-state index is 0.00268. The second-order valence-corrected chi connectivity index (χ2v) is 6.53. The molecule has 1 aliphatic heterocycles. The van der Waals surface area contributed by atoms with Gasteiger partial charge in [0.2, 0.25) is 5.91 Å². The third-order valence-electron chi connectivity index (χ3n) is 4.95. The lowest BCUT2D eigenvalue weighted by atomic mass is 9.70. The molecule has 2 aliphatic rings. The smallest absolute Gasteiger partial charge is 0.311 e. The topological polar surface area (TPSA) is 78.4 Å². The van der Waals surface area contributed by atoms with E-state index in [1.807, 2.05) is 0 Å². The van der Waals surface area contributed by atoms with Crippen molar-refractivity contribution in [3.8, 4) is 0 Å². The molecule has 1 saturated heterocycles. The van der Waals surface area contributed by atoms with Crippen molar-refractivity contribution < 1.29 is 14.7 Å². The summed E-state index contributed by atoms with van der Waals surface area (Å²) in [7, 11) is 0. The SMILES string of the molecule is CC1CCC(CNC(=O)C2CCCNC2)(C(=O)O)CC1. The standard InChI is InChI=1S/C15H26N2O3/c1-11-4-6-15(7-5-11,14(19)20)10-17-13(18)12-3-2-8-16-9-12/h11-12,16H,2-10H2,1H3,(H,17,18)(H,19,20). The van der Waals surface area contributed by atoms with E-state index in [0.29, 0.717) is 25.3 Å². The van der Waals surface area contributed by atoms with Crippen LogP contribution in [0.4, 0.5) is 0 Å². The summed E-state index contributed by atoms with van der Waals surface area (Å²) in [6, 6.07) is 0. The fourth-order valence-electron chi connectivity index (χ4n) is 3.26. The van der Waals surface area contributed by atoms with Crippen LogP contribution in [0.2, 0.25) is 0 Å². The Morgan fingerprint density at radius 3 is 2.55 bits per heavy atom. The van der Waals surface area contributed by atoms with Crippen molar-refractivity contribution in [2.75, 3.05) is 19.6 Å². The number of nitrogens with one attached hydrogen (secondary N) is 2. The minimum atomic E-state index is -0.758. The van der Waals surface area contributed by atoms with E-state index in [1.54, 1.807) is 0 Å². The quantitative estimate of drug-likeness (QED) is 0.728. The molecule has 0 bridgehead atoms. The van der Waals surface area contributed by atoms with E-state index in [2.05, 4.69) is 17.6 Å². The average Bonchev–Trinajstić information content (AvgIpc) is 2.47. The van der Waals surface area contributed by atoms with E-state index in [9.17, 15) is 14.7 Å². The molecule has 114 valence electrons. The van der Waals surface area contributed by atoms with Gasteiger partial charge in [0, 0.05) is 13.1 Å². The van der Waals surface area contributed by atoms with Gasteiger partial charge in [-0.25, -0.2) is 0 Å². The van der Waals surface area contributed by atoms with Crippen LogP contribution in [0.5, 0.6) is 0 Å². The van der Waals surface area contributed by atoms with Gasteiger partial charge in [-0.1, -0.05) is 6.92 Å². The summed E-state index contributed by atoms with van der Waals surface area (Å²) >= 11 is 0. The van der Waals surface area contributed by atoms with Crippen molar-refractivity contribution in [2.24, 2.45) is 17.3 Å². The van der Waals surface area contributed by atoms with E-state index in [0.717, 1.165) is 32.2 Å². The van der Waals surface area contributed by atoms with E-state index >= 15 is 0 Å². The van der Waals surface area contributed by atoms with Crippen LogP contribution in [-0.2, 0) is 9.59 Å². The molecule has 0 aromatic heterocycles. The predicted octanol–water partition coefficient (Wildman–Crippen LogP) is 1.38. The third-order valence-corrected chi connectivity index (χ3v) is 4.95. The normalized spacial score (nSPS) is 34.5. The van der Waals surface area contributed by atoms with Crippen LogP contribution in [-0.4, -0.2) is 36.6 Å². The zero-order valence-corrected chi connectivity index (χ0v) is 12.3. The van der Waals surface area contributed by atoms with Gasteiger partial charge in [-0.3, -0.25) is 9.59 Å². The van der Waals surface area contributed by atoms with E-state index in [4.69, 9.17) is 0 Å². The van der Waals surface area contributed by atoms with E-state index in [1.165, 1.54) is 0 Å². The van der Waals surface area contributed by atoms with Crippen molar-refractivity contribution in [3.63, 3.8) is 0 Å². The van der Waals surface area contributed by atoms with Crippen LogP contribution in [0.1, 0.15) is 45.4 Å². The number of carboxylic acid groups (broad SMARTS) is 1. The molecule has 1 saturated carbocycles. The first-order chi connectivity index (χ1) is 9.53. The summed E-state index contributed by atoms with van der Waals surface area (Å²) < 4.78 is 0. The fraction of sp³-hybridized carbons (Fsp3) is 0.867. The zero-order valence-electron chi connectivity index (χ0n) is 12.3. The van der Waals surface area contributed by atoms with Crippen LogP contribution >= 0.6 is 0 Å². The van der Waals surface area contributed by atoms with Crippen LogP contribution in [0, 0.1) is 17.3 Å². The number of aliphatic carboxylic acids is 1. The maximum absolute atomic E-state index is 12.1. The molecule has 1 unspecified atom stereocenters. The summed E-state index contributed by atoms with van der Waals surface area (Å²) in [6.45, 7) is 4.13. The number of piperidine rings is 1. The number of carbonyl (C=O) groups is 2. The Hall–Kier alpha value is -1.10. The monoisotopic (exact) mass is 282 g/mol. The number of hydrogen-bond acceptors (Lipinski definition) is 3. The highest BCUT2D eigenvalue weighted by Crippen LogP contribution is 2.38. The second-order valence-electron chi connectivity index (χ2n) is 6.53. The van der Waals surface area contributed by atoms with Crippen molar-refractivity contribution in [1.29, 1.82) is 0 Å². The number of rotatable bonds is 4. The maximum atomic E-state index is 12.1. The highest BCUT2D eigenvalue weighted by Gasteiger charge is 2.41. The summed E-state index contributed by atoms with van der Waals surface area (Å²) in [4.78, 5) is 23.7. The predicted molar refractivity (Wildman–Crippen MR) is 76.3 cm³/mol. The maximum Gasteiger partial charge on any atom is 0.311 e. The number of amides is 1. The molecule has 5 heteroatoms. The van der Waals surface area contributed by atoms with Gasteiger partial charge in [0.25, 0.3) is 0 Å². The molecule has 3 N–H and O–H groups in total. The second kappa shape index (κ2) is 6.57. The summed E-state index contributed by atoms with van der Waals surface area (Å²) in [5.41, 5.74) is -0.746. The van der Waals surface area contributed by atoms with Crippen LogP contribution in [0.15, 0.2) is 0 Å². The highest BCUT2D eigenvalue weighted by molar-refractivity contribution is 5.81. The Kier molecular flexibility index (Phi) is 5.02. The van der Waals surface area contributed by atoms with Gasteiger partial charge >= 0.3 is 5.97 Å². The Bertz CT molecular complexity index is 356. The molecule has 20 heavy (non-hydrogen) atoms. The highest BCUT2D eigenvalue weighted by atomic mass is 16.4. The summed E-state index contributed by atoms with van der Waals surface area (Å²) in [5.74, 6) is -0.152. The summed E-state index contributed by atoms with van der Waals surface area (Å²) in [6.07, 6.45) is 5.13. The molecule has 1 atom stereocenters. The number of carbonyl (C=O) groups excluding carboxylic acids is 1. The lowest BCUT2D eigenvalue weighted by molar-refractivity contribution is -0.151. The molecule has 1 amide bonds. The van der Waals surface area contributed by atoms with Crippen LogP contribution in [0.25, 0.3) is 0 Å². The first-order valence-electron chi connectivity index (χ1n) is 7.75.